The number of benzene rings is 1. The van der Waals surface area contributed by atoms with Gasteiger partial charge in [0.15, 0.2) is 0 Å². The van der Waals surface area contributed by atoms with Gasteiger partial charge in [0.2, 0.25) is 5.91 Å². The Balaban J connectivity index is 1.71. The van der Waals surface area contributed by atoms with Crippen LogP contribution >= 0.6 is 0 Å². The SMILES string of the molecule is CCOC(=O)Oc1ccc(C(=O)N2CCC(CNC(=O)COCCOC)CC2)cc1. The normalized spacial score (nSPS) is 14.3. The van der Waals surface area contributed by atoms with Crippen molar-refractivity contribution in [3.8, 4) is 5.75 Å². The van der Waals surface area contributed by atoms with E-state index in [4.69, 9.17) is 18.9 Å². The van der Waals surface area contributed by atoms with Crippen molar-refractivity contribution < 1.29 is 33.3 Å². The highest BCUT2D eigenvalue weighted by Gasteiger charge is 2.24. The first kappa shape index (κ1) is 23.6. The molecule has 1 saturated heterocycles. The van der Waals surface area contributed by atoms with Crippen LogP contribution in [0, 0.1) is 5.92 Å². The molecule has 1 aromatic rings. The van der Waals surface area contributed by atoms with E-state index >= 15 is 0 Å². The van der Waals surface area contributed by atoms with Crippen LogP contribution in [0.1, 0.15) is 30.1 Å². The fraction of sp³-hybridized carbons (Fsp3) is 0.571. The van der Waals surface area contributed by atoms with Gasteiger partial charge in [0.25, 0.3) is 5.91 Å². The molecule has 2 amide bonds. The predicted octanol–water partition coefficient (Wildman–Crippen LogP) is 1.85. The number of nitrogens with zero attached hydrogens (tertiary/aromatic N) is 1. The average Bonchev–Trinajstić information content (AvgIpc) is 2.76. The maximum Gasteiger partial charge on any atom is 0.513 e. The lowest BCUT2D eigenvalue weighted by Gasteiger charge is -2.32. The van der Waals surface area contributed by atoms with Crippen LogP contribution in [-0.4, -0.2) is 76.0 Å². The summed E-state index contributed by atoms with van der Waals surface area (Å²) in [5.74, 6) is 0.449. The fourth-order valence-corrected chi connectivity index (χ4v) is 3.05. The molecule has 1 heterocycles. The largest absolute Gasteiger partial charge is 0.513 e. The van der Waals surface area contributed by atoms with Crippen LogP contribution in [0.3, 0.4) is 0 Å². The molecule has 0 unspecified atom stereocenters. The summed E-state index contributed by atoms with van der Waals surface area (Å²) in [5.41, 5.74) is 0.533. The van der Waals surface area contributed by atoms with Crippen LogP contribution < -0.4 is 10.1 Å². The van der Waals surface area contributed by atoms with Gasteiger partial charge in [-0.2, -0.15) is 0 Å². The number of amides is 2. The van der Waals surface area contributed by atoms with Gasteiger partial charge < -0.3 is 29.2 Å². The number of carbonyl (C=O) groups is 3. The Morgan fingerprint density at radius 3 is 2.43 bits per heavy atom. The van der Waals surface area contributed by atoms with E-state index in [1.54, 1.807) is 43.2 Å². The maximum absolute atomic E-state index is 12.7. The summed E-state index contributed by atoms with van der Waals surface area (Å²) in [6, 6.07) is 6.40. The number of piperidine rings is 1. The number of ether oxygens (including phenoxy) is 4. The molecule has 0 aliphatic carbocycles. The maximum atomic E-state index is 12.7. The minimum Gasteiger partial charge on any atom is -0.434 e. The van der Waals surface area contributed by atoms with Crippen LogP contribution in [0.25, 0.3) is 0 Å². The molecule has 0 atom stereocenters. The smallest absolute Gasteiger partial charge is 0.434 e. The summed E-state index contributed by atoms with van der Waals surface area (Å²) >= 11 is 0. The minimum absolute atomic E-state index is 0.0244. The van der Waals surface area contributed by atoms with Gasteiger partial charge in [0.1, 0.15) is 12.4 Å². The number of methoxy groups -OCH3 is 1. The molecule has 1 fully saturated rings. The molecule has 30 heavy (non-hydrogen) atoms. The van der Waals surface area contributed by atoms with Gasteiger partial charge in [-0.1, -0.05) is 0 Å². The molecule has 9 heteroatoms. The molecule has 0 radical (unpaired) electrons. The second-order valence-corrected chi connectivity index (χ2v) is 6.89. The van der Waals surface area contributed by atoms with Gasteiger partial charge in [-0.05, 0) is 49.9 Å². The Morgan fingerprint density at radius 1 is 1.10 bits per heavy atom. The number of carbonyl (C=O) groups excluding carboxylic acids is 3. The molecule has 2 rings (SSSR count). The molecule has 0 aromatic heterocycles. The lowest BCUT2D eigenvalue weighted by atomic mass is 9.96. The first-order chi connectivity index (χ1) is 14.5. The van der Waals surface area contributed by atoms with Crippen LogP contribution in [0.4, 0.5) is 4.79 Å². The van der Waals surface area contributed by atoms with E-state index in [0.717, 1.165) is 12.8 Å². The number of hydrogen-bond donors (Lipinski definition) is 1. The molecule has 9 nitrogen and oxygen atoms in total. The molecule has 0 saturated carbocycles. The molecular formula is C21H30N2O7. The molecule has 1 N–H and O–H groups in total. The molecule has 0 spiro atoms. The van der Waals surface area contributed by atoms with Crippen molar-refractivity contribution in [2.45, 2.75) is 19.8 Å². The van der Waals surface area contributed by atoms with Gasteiger partial charge in [0.05, 0.1) is 19.8 Å². The van der Waals surface area contributed by atoms with E-state index in [2.05, 4.69) is 5.32 Å². The molecular weight excluding hydrogens is 392 g/mol. The predicted molar refractivity (Wildman–Crippen MR) is 108 cm³/mol. The first-order valence-electron chi connectivity index (χ1n) is 10.1. The molecule has 1 aliphatic rings. The van der Waals surface area contributed by atoms with Gasteiger partial charge in [-0.15, -0.1) is 0 Å². The Hall–Kier alpha value is -2.65. The molecule has 1 aliphatic heterocycles. The van der Waals surface area contributed by atoms with Crippen LogP contribution in [0.5, 0.6) is 5.75 Å². The third-order valence-corrected chi connectivity index (χ3v) is 4.72. The second kappa shape index (κ2) is 12.8. The van der Waals surface area contributed by atoms with Crippen molar-refractivity contribution >= 4 is 18.0 Å². The molecule has 1 aromatic carbocycles. The van der Waals surface area contributed by atoms with E-state index in [1.165, 1.54) is 0 Å². The summed E-state index contributed by atoms with van der Waals surface area (Å²) in [4.78, 5) is 37.6. The molecule has 166 valence electrons. The van der Waals surface area contributed by atoms with E-state index in [-0.39, 0.29) is 25.0 Å². The Kier molecular flexibility index (Phi) is 10.1. The van der Waals surface area contributed by atoms with E-state index in [1.807, 2.05) is 0 Å². The van der Waals surface area contributed by atoms with Gasteiger partial charge in [-0.3, -0.25) is 9.59 Å². The Bertz CT molecular complexity index is 685. The number of rotatable bonds is 10. The number of likely N-dealkylation sites (tertiary alicyclic amines) is 1. The minimum atomic E-state index is -0.771. The van der Waals surface area contributed by atoms with E-state index < -0.39 is 6.16 Å². The van der Waals surface area contributed by atoms with Gasteiger partial charge >= 0.3 is 6.16 Å². The Morgan fingerprint density at radius 2 is 1.80 bits per heavy atom. The van der Waals surface area contributed by atoms with Gasteiger partial charge in [0, 0.05) is 32.3 Å². The standard InChI is InChI=1S/C21H30N2O7/c1-3-29-21(26)30-18-6-4-17(5-7-18)20(25)23-10-8-16(9-11-23)14-22-19(24)15-28-13-12-27-2/h4-7,16H,3,8-15H2,1-2H3,(H,22,24). The quantitative estimate of drug-likeness (QED) is 0.349. The molecule has 0 bridgehead atoms. The second-order valence-electron chi connectivity index (χ2n) is 6.89. The number of hydrogen-bond acceptors (Lipinski definition) is 7. The monoisotopic (exact) mass is 422 g/mol. The lowest BCUT2D eigenvalue weighted by Crippen LogP contribution is -2.42. The first-order valence-corrected chi connectivity index (χ1v) is 10.1. The van der Waals surface area contributed by atoms with Crippen molar-refractivity contribution in [1.82, 2.24) is 10.2 Å². The van der Waals surface area contributed by atoms with Crippen molar-refractivity contribution in [1.29, 1.82) is 0 Å². The third-order valence-electron chi connectivity index (χ3n) is 4.72. The highest BCUT2D eigenvalue weighted by Crippen LogP contribution is 2.20. The van der Waals surface area contributed by atoms with Crippen LogP contribution in [0.2, 0.25) is 0 Å². The van der Waals surface area contributed by atoms with Crippen molar-refractivity contribution in [3.63, 3.8) is 0 Å². The topological polar surface area (TPSA) is 103 Å². The Labute approximate surface area is 176 Å². The van der Waals surface area contributed by atoms with Gasteiger partial charge in [-0.25, -0.2) is 4.79 Å². The number of nitrogens with one attached hydrogen (secondary N) is 1. The van der Waals surface area contributed by atoms with Crippen molar-refractivity contribution in [2.24, 2.45) is 5.92 Å². The highest BCUT2D eigenvalue weighted by atomic mass is 16.7. The van der Waals surface area contributed by atoms with E-state index in [9.17, 15) is 14.4 Å². The van der Waals surface area contributed by atoms with Crippen LogP contribution in [-0.2, 0) is 19.0 Å². The summed E-state index contributed by atoms with van der Waals surface area (Å²) in [7, 11) is 1.58. The van der Waals surface area contributed by atoms with Crippen molar-refractivity contribution in [2.75, 3.05) is 53.2 Å². The zero-order chi connectivity index (χ0) is 21.8. The zero-order valence-electron chi connectivity index (χ0n) is 17.6. The summed E-state index contributed by atoms with van der Waals surface area (Å²) < 4.78 is 19.8. The average molecular weight is 422 g/mol. The van der Waals surface area contributed by atoms with Crippen molar-refractivity contribution in [3.05, 3.63) is 29.8 Å². The third kappa shape index (κ3) is 8.00. The summed E-state index contributed by atoms with van der Waals surface area (Å²) in [6.45, 7) is 4.64. The summed E-state index contributed by atoms with van der Waals surface area (Å²) in [5, 5.41) is 2.88. The summed E-state index contributed by atoms with van der Waals surface area (Å²) in [6.07, 6.45) is 0.869. The fourth-order valence-electron chi connectivity index (χ4n) is 3.05. The highest BCUT2D eigenvalue weighted by molar-refractivity contribution is 5.94. The lowest BCUT2D eigenvalue weighted by molar-refractivity contribution is -0.126. The van der Waals surface area contributed by atoms with E-state index in [0.29, 0.717) is 50.1 Å². The van der Waals surface area contributed by atoms with Crippen LogP contribution in [0.15, 0.2) is 24.3 Å². The zero-order valence-corrected chi connectivity index (χ0v) is 17.6.